The fraction of sp³-hybridized carbons (Fsp3) is 0.222. The topological polar surface area (TPSA) is 95.6 Å². The maximum absolute atomic E-state index is 12.7. The molecule has 142 valence electrons. The summed E-state index contributed by atoms with van der Waals surface area (Å²) in [5, 5.41) is 2.62. The highest BCUT2D eigenvalue weighted by Crippen LogP contribution is 2.36. The van der Waals surface area contributed by atoms with E-state index in [2.05, 4.69) is 10.0 Å². The first-order valence-electron chi connectivity index (χ1n) is 8.22. The molecular weight excluding hydrogens is 386 g/mol. The smallest absolute Gasteiger partial charge is 0.261 e. The standard InChI is InChI=1S/C18H19N3O4S2/c1-12(22)19-14-3-5-15(6-4-14)20-27(24,25)16-7-8-18-17(11-16)21(13(2)23)9-10-26-18/h3-8,11,20H,9-10H2,1-2H3,(H,19,22). The van der Waals surface area contributed by atoms with Crippen LogP contribution in [0.4, 0.5) is 17.1 Å². The Morgan fingerprint density at radius 1 is 1.04 bits per heavy atom. The van der Waals surface area contributed by atoms with Crippen LogP contribution in [0, 0.1) is 0 Å². The van der Waals surface area contributed by atoms with Crippen LogP contribution in [0.25, 0.3) is 0 Å². The highest BCUT2D eigenvalue weighted by Gasteiger charge is 2.24. The Labute approximate surface area is 162 Å². The number of carbonyl (C=O) groups is 2. The minimum Gasteiger partial charge on any atom is -0.326 e. The van der Waals surface area contributed by atoms with Crippen molar-refractivity contribution in [2.45, 2.75) is 23.6 Å². The van der Waals surface area contributed by atoms with E-state index in [1.165, 1.54) is 26.0 Å². The van der Waals surface area contributed by atoms with Gasteiger partial charge in [-0.1, -0.05) is 0 Å². The molecule has 0 radical (unpaired) electrons. The van der Waals surface area contributed by atoms with Gasteiger partial charge in [-0.05, 0) is 42.5 Å². The Balaban J connectivity index is 1.86. The molecule has 1 heterocycles. The summed E-state index contributed by atoms with van der Waals surface area (Å²) in [7, 11) is -3.82. The molecule has 27 heavy (non-hydrogen) atoms. The number of benzene rings is 2. The van der Waals surface area contributed by atoms with Gasteiger partial charge in [0.25, 0.3) is 10.0 Å². The molecule has 2 aromatic carbocycles. The molecule has 0 spiro atoms. The SMILES string of the molecule is CC(=O)Nc1ccc(NS(=O)(=O)c2ccc3c(c2)N(C(C)=O)CCS3)cc1. The van der Waals surface area contributed by atoms with Crippen molar-refractivity contribution < 1.29 is 18.0 Å². The predicted octanol–water partition coefficient (Wildman–Crippen LogP) is 2.90. The van der Waals surface area contributed by atoms with E-state index >= 15 is 0 Å². The van der Waals surface area contributed by atoms with Crippen molar-refractivity contribution in [2.24, 2.45) is 0 Å². The minimum absolute atomic E-state index is 0.0842. The molecule has 0 atom stereocenters. The molecule has 2 N–H and O–H groups in total. The lowest BCUT2D eigenvalue weighted by Crippen LogP contribution is -2.33. The monoisotopic (exact) mass is 405 g/mol. The zero-order valence-electron chi connectivity index (χ0n) is 14.9. The van der Waals surface area contributed by atoms with Crippen molar-refractivity contribution >= 4 is 50.7 Å². The molecule has 1 aliphatic rings. The Morgan fingerprint density at radius 3 is 2.33 bits per heavy atom. The van der Waals surface area contributed by atoms with Gasteiger partial charge in [-0.15, -0.1) is 11.8 Å². The number of nitrogens with one attached hydrogen (secondary N) is 2. The molecule has 0 saturated carbocycles. The lowest BCUT2D eigenvalue weighted by molar-refractivity contribution is -0.116. The van der Waals surface area contributed by atoms with Crippen LogP contribution in [0.1, 0.15) is 13.8 Å². The van der Waals surface area contributed by atoms with Crippen molar-refractivity contribution in [1.82, 2.24) is 0 Å². The lowest BCUT2D eigenvalue weighted by Gasteiger charge is -2.28. The van der Waals surface area contributed by atoms with Crippen molar-refractivity contribution in [3.05, 3.63) is 42.5 Å². The maximum atomic E-state index is 12.7. The fourth-order valence-electron chi connectivity index (χ4n) is 2.73. The summed E-state index contributed by atoms with van der Waals surface area (Å²) in [5.41, 5.74) is 1.57. The lowest BCUT2D eigenvalue weighted by atomic mass is 10.2. The maximum Gasteiger partial charge on any atom is 0.261 e. The number of nitrogens with zero attached hydrogens (tertiary/aromatic N) is 1. The second-order valence-electron chi connectivity index (χ2n) is 6.01. The largest absolute Gasteiger partial charge is 0.326 e. The second kappa shape index (κ2) is 7.61. The zero-order chi connectivity index (χ0) is 19.6. The highest BCUT2D eigenvalue weighted by molar-refractivity contribution is 7.99. The van der Waals surface area contributed by atoms with Gasteiger partial charge in [0.15, 0.2) is 0 Å². The van der Waals surface area contributed by atoms with E-state index in [0.29, 0.717) is 23.6 Å². The molecule has 7 nitrogen and oxygen atoms in total. The number of anilines is 3. The van der Waals surface area contributed by atoms with Gasteiger partial charge in [0.1, 0.15) is 0 Å². The molecule has 3 rings (SSSR count). The molecule has 2 aromatic rings. The number of sulfonamides is 1. The number of carbonyl (C=O) groups excluding carboxylic acids is 2. The van der Waals surface area contributed by atoms with E-state index in [0.717, 1.165) is 10.6 Å². The molecule has 1 aliphatic heterocycles. The number of fused-ring (bicyclic) bond motifs is 1. The summed E-state index contributed by atoms with van der Waals surface area (Å²) in [6.45, 7) is 3.42. The quantitative estimate of drug-likeness (QED) is 0.815. The molecule has 0 aliphatic carbocycles. The Hall–Kier alpha value is -2.52. The molecule has 9 heteroatoms. The van der Waals surface area contributed by atoms with E-state index in [4.69, 9.17) is 0 Å². The van der Waals surface area contributed by atoms with E-state index in [1.54, 1.807) is 47.0 Å². The van der Waals surface area contributed by atoms with Gasteiger partial charge in [0.2, 0.25) is 11.8 Å². The Bertz CT molecular complexity index is 988. The third-order valence-corrected chi connectivity index (χ3v) is 6.36. The number of hydrogen-bond acceptors (Lipinski definition) is 5. The zero-order valence-corrected chi connectivity index (χ0v) is 16.5. The van der Waals surface area contributed by atoms with Gasteiger partial charge in [0, 0.05) is 42.4 Å². The van der Waals surface area contributed by atoms with E-state index < -0.39 is 10.0 Å². The number of thioether (sulfide) groups is 1. The number of amides is 2. The summed E-state index contributed by atoms with van der Waals surface area (Å²) in [4.78, 5) is 25.5. The average molecular weight is 406 g/mol. The predicted molar refractivity (Wildman–Crippen MR) is 107 cm³/mol. The van der Waals surface area contributed by atoms with Crippen LogP contribution >= 0.6 is 11.8 Å². The normalized spacial score (nSPS) is 13.6. The molecule has 0 fully saturated rings. The molecule has 0 unspecified atom stereocenters. The average Bonchev–Trinajstić information content (AvgIpc) is 2.61. The second-order valence-corrected chi connectivity index (χ2v) is 8.83. The van der Waals surface area contributed by atoms with Crippen LogP contribution < -0.4 is 14.9 Å². The minimum atomic E-state index is -3.82. The number of rotatable bonds is 4. The van der Waals surface area contributed by atoms with Crippen molar-refractivity contribution in [2.75, 3.05) is 27.2 Å². The Morgan fingerprint density at radius 2 is 1.70 bits per heavy atom. The Kier molecular flexibility index (Phi) is 5.43. The van der Waals surface area contributed by atoms with Crippen LogP contribution in [0.3, 0.4) is 0 Å². The van der Waals surface area contributed by atoms with Gasteiger partial charge in [0.05, 0.1) is 10.6 Å². The van der Waals surface area contributed by atoms with Crippen LogP contribution in [0.5, 0.6) is 0 Å². The van der Waals surface area contributed by atoms with Crippen molar-refractivity contribution in [1.29, 1.82) is 0 Å². The van der Waals surface area contributed by atoms with Gasteiger partial charge in [-0.25, -0.2) is 8.42 Å². The van der Waals surface area contributed by atoms with Gasteiger partial charge in [-0.3, -0.25) is 14.3 Å². The summed E-state index contributed by atoms with van der Waals surface area (Å²) in [5.74, 6) is 0.454. The summed E-state index contributed by atoms with van der Waals surface area (Å²) in [6.07, 6.45) is 0. The molecule has 0 aromatic heterocycles. The van der Waals surface area contributed by atoms with Crippen LogP contribution in [0.2, 0.25) is 0 Å². The molecule has 0 bridgehead atoms. The third kappa shape index (κ3) is 4.42. The van der Waals surface area contributed by atoms with Crippen LogP contribution in [0.15, 0.2) is 52.3 Å². The van der Waals surface area contributed by atoms with Crippen LogP contribution in [-0.2, 0) is 19.6 Å². The van der Waals surface area contributed by atoms with Gasteiger partial charge >= 0.3 is 0 Å². The summed E-state index contributed by atoms with van der Waals surface area (Å²) >= 11 is 1.60. The first-order chi connectivity index (χ1) is 12.8. The summed E-state index contributed by atoms with van der Waals surface area (Å²) < 4.78 is 28.0. The molecular formula is C18H19N3O4S2. The van der Waals surface area contributed by atoms with Crippen molar-refractivity contribution in [3.8, 4) is 0 Å². The molecule has 2 amide bonds. The van der Waals surface area contributed by atoms with Gasteiger partial charge < -0.3 is 10.2 Å². The van der Waals surface area contributed by atoms with Crippen LogP contribution in [-0.4, -0.2) is 32.5 Å². The third-order valence-electron chi connectivity index (χ3n) is 3.94. The van der Waals surface area contributed by atoms with Gasteiger partial charge in [-0.2, -0.15) is 0 Å². The van der Waals surface area contributed by atoms with E-state index in [1.807, 2.05) is 0 Å². The highest BCUT2D eigenvalue weighted by atomic mass is 32.2. The number of hydrogen-bond donors (Lipinski definition) is 2. The first kappa shape index (κ1) is 19.2. The van der Waals surface area contributed by atoms with E-state index in [9.17, 15) is 18.0 Å². The molecule has 0 saturated heterocycles. The summed E-state index contributed by atoms with van der Waals surface area (Å²) in [6, 6.07) is 11.1. The first-order valence-corrected chi connectivity index (χ1v) is 10.7. The fourth-order valence-corrected chi connectivity index (χ4v) is 4.78. The van der Waals surface area contributed by atoms with Crippen molar-refractivity contribution in [3.63, 3.8) is 0 Å². The van der Waals surface area contributed by atoms with E-state index in [-0.39, 0.29) is 16.7 Å².